The van der Waals surface area contributed by atoms with Crippen molar-refractivity contribution in [1.82, 2.24) is 0 Å². The minimum atomic E-state index is -0.701. The average molecular weight is 330 g/mol. The van der Waals surface area contributed by atoms with Crippen LogP contribution < -0.4 is 5.73 Å². The Labute approximate surface area is 116 Å². The number of hydrogen-bond acceptors (Lipinski definition) is 4. The molecule has 2 aromatic rings. The van der Waals surface area contributed by atoms with Gasteiger partial charge in [0.2, 0.25) is 0 Å². The minimum Gasteiger partial charge on any atom is -0.456 e. The van der Waals surface area contributed by atoms with E-state index in [1.165, 1.54) is 23.5 Å². The average Bonchev–Trinajstić information content (AvgIpc) is 2.72. The zero-order valence-electron chi connectivity index (χ0n) is 9.15. The van der Waals surface area contributed by atoms with Crippen LogP contribution in [0.1, 0.15) is 15.2 Å². The molecule has 94 valence electrons. The summed E-state index contributed by atoms with van der Waals surface area (Å²) in [6.07, 6.45) is 0. The summed E-state index contributed by atoms with van der Waals surface area (Å²) < 4.78 is 19.4. The van der Waals surface area contributed by atoms with Gasteiger partial charge in [-0.2, -0.15) is 0 Å². The van der Waals surface area contributed by atoms with E-state index in [1.807, 2.05) is 11.4 Å². The van der Waals surface area contributed by atoms with E-state index in [9.17, 15) is 9.18 Å². The first kappa shape index (κ1) is 13.0. The third-order valence-electron chi connectivity index (χ3n) is 2.24. The molecule has 18 heavy (non-hydrogen) atoms. The number of carbonyl (C=O) groups is 1. The molecule has 0 aliphatic heterocycles. The van der Waals surface area contributed by atoms with Gasteiger partial charge in [0.15, 0.2) is 0 Å². The summed E-state index contributed by atoms with van der Waals surface area (Å²) in [6.45, 7) is 0.112. The molecule has 2 rings (SSSR count). The number of nitrogens with two attached hydrogens (primary N) is 1. The highest BCUT2D eigenvalue weighted by molar-refractivity contribution is 9.10. The van der Waals surface area contributed by atoms with Gasteiger partial charge >= 0.3 is 5.97 Å². The Morgan fingerprint density at radius 1 is 1.44 bits per heavy atom. The van der Waals surface area contributed by atoms with E-state index in [1.54, 1.807) is 0 Å². The quantitative estimate of drug-likeness (QED) is 0.691. The summed E-state index contributed by atoms with van der Waals surface area (Å²) in [5.41, 5.74) is 5.56. The van der Waals surface area contributed by atoms with Gasteiger partial charge in [-0.1, -0.05) is 0 Å². The number of esters is 1. The maximum absolute atomic E-state index is 13.5. The lowest BCUT2D eigenvalue weighted by Crippen LogP contribution is -2.07. The Balaban J connectivity index is 2.06. The van der Waals surface area contributed by atoms with Crippen LogP contribution in [0, 0.1) is 5.82 Å². The second kappa shape index (κ2) is 5.49. The highest BCUT2D eigenvalue weighted by Crippen LogP contribution is 2.24. The number of carbonyl (C=O) groups excluding carboxylic acids is 1. The van der Waals surface area contributed by atoms with E-state index in [-0.39, 0.29) is 17.9 Å². The van der Waals surface area contributed by atoms with Gasteiger partial charge < -0.3 is 10.5 Å². The second-order valence-electron chi connectivity index (χ2n) is 3.51. The molecule has 1 aromatic heterocycles. The smallest absolute Gasteiger partial charge is 0.341 e. The van der Waals surface area contributed by atoms with Gasteiger partial charge in [0.1, 0.15) is 12.4 Å². The molecule has 0 radical (unpaired) electrons. The molecule has 6 heteroatoms. The van der Waals surface area contributed by atoms with Crippen molar-refractivity contribution in [3.63, 3.8) is 0 Å². The Morgan fingerprint density at radius 3 is 2.83 bits per heavy atom. The largest absolute Gasteiger partial charge is 0.456 e. The molecule has 2 N–H and O–H groups in total. The maximum Gasteiger partial charge on any atom is 0.341 e. The number of halogens is 2. The SMILES string of the molecule is Nc1ccc(C(=O)OCc2sccc2Br)c(F)c1. The van der Waals surface area contributed by atoms with Crippen molar-refractivity contribution in [2.24, 2.45) is 0 Å². The highest BCUT2D eigenvalue weighted by atomic mass is 79.9. The van der Waals surface area contributed by atoms with Crippen LogP contribution >= 0.6 is 27.3 Å². The van der Waals surface area contributed by atoms with Gasteiger partial charge in [-0.15, -0.1) is 11.3 Å². The maximum atomic E-state index is 13.5. The first-order chi connectivity index (χ1) is 8.58. The molecule has 0 aliphatic rings. The third-order valence-corrected chi connectivity index (χ3v) is 4.14. The minimum absolute atomic E-state index is 0.112. The van der Waals surface area contributed by atoms with Crippen LogP contribution in [0.25, 0.3) is 0 Å². The molecule has 1 aromatic carbocycles. The van der Waals surface area contributed by atoms with Gasteiger partial charge in [0.25, 0.3) is 0 Å². The fraction of sp³-hybridized carbons (Fsp3) is 0.0833. The van der Waals surface area contributed by atoms with Crippen LogP contribution in [0.4, 0.5) is 10.1 Å². The fourth-order valence-electron chi connectivity index (χ4n) is 1.33. The lowest BCUT2D eigenvalue weighted by molar-refractivity contribution is 0.0471. The van der Waals surface area contributed by atoms with E-state index >= 15 is 0 Å². The van der Waals surface area contributed by atoms with E-state index in [0.29, 0.717) is 0 Å². The first-order valence-corrected chi connectivity index (χ1v) is 6.69. The topological polar surface area (TPSA) is 52.3 Å². The van der Waals surface area contributed by atoms with Crippen molar-refractivity contribution in [3.8, 4) is 0 Å². The fourth-order valence-corrected chi connectivity index (χ4v) is 2.71. The summed E-state index contributed by atoms with van der Waals surface area (Å²) in [7, 11) is 0. The van der Waals surface area contributed by atoms with Crippen LogP contribution in [0.15, 0.2) is 34.1 Å². The van der Waals surface area contributed by atoms with Crippen LogP contribution in [-0.4, -0.2) is 5.97 Å². The van der Waals surface area contributed by atoms with E-state index < -0.39 is 11.8 Å². The Kier molecular flexibility index (Phi) is 3.98. The molecule has 0 aliphatic carbocycles. The third kappa shape index (κ3) is 2.88. The molecular weight excluding hydrogens is 321 g/mol. The lowest BCUT2D eigenvalue weighted by Gasteiger charge is -2.05. The van der Waals surface area contributed by atoms with E-state index in [2.05, 4.69) is 15.9 Å². The van der Waals surface area contributed by atoms with Crippen molar-refractivity contribution in [2.75, 3.05) is 5.73 Å². The van der Waals surface area contributed by atoms with E-state index in [0.717, 1.165) is 15.4 Å². The molecule has 3 nitrogen and oxygen atoms in total. The molecule has 0 fully saturated rings. The van der Waals surface area contributed by atoms with Crippen LogP contribution in [0.5, 0.6) is 0 Å². The zero-order valence-corrected chi connectivity index (χ0v) is 11.6. The summed E-state index contributed by atoms with van der Waals surface area (Å²) in [6, 6.07) is 5.73. The standard InChI is InChI=1S/C12H9BrFNO2S/c13-9-3-4-18-11(9)6-17-12(16)8-2-1-7(15)5-10(8)14/h1-5H,6,15H2. The van der Waals surface area contributed by atoms with Crippen molar-refractivity contribution in [3.05, 3.63) is 50.4 Å². The second-order valence-corrected chi connectivity index (χ2v) is 5.36. The Hall–Kier alpha value is -1.40. The summed E-state index contributed by atoms with van der Waals surface area (Å²) in [4.78, 5) is 12.5. The summed E-state index contributed by atoms with van der Waals surface area (Å²) in [5.74, 6) is -1.38. The normalized spacial score (nSPS) is 10.3. The Bertz CT molecular complexity index is 585. The number of ether oxygens (including phenoxy) is 1. The summed E-state index contributed by atoms with van der Waals surface area (Å²) in [5, 5.41) is 1.87. The monoisotopic (exact) mass is 329 g/mol. The molecular formula is C12H9BrFNO2S. The molecule has 1 heterocycles. The summed E-state index contributed by atoms with van der Waals surface area (Å²) >= 11 is 4.78. The van der Waals surface area contributed by atoms with Gasteiger partial charge in [0.05, 0.1) is 10.4 Å². The predicted molar refractivity (Wildman–Crippen MR) is 72.0 cm³/mol. The predicted octanol–water partition coefficient (Wildman–Crippen LogP) is 3.59. The van der Waals surface area contributed by atoms with Crippen molar-refractivity contribution >= 4 is 38.9 Å². The number of anilines is 1. The molecule has 0 atom stereocenters. The lowest BCUT2D eigenvalue weighted by atomic mass is 10.2. The van der Waals surface area contributed by atoms with Crippen molar-refractivity contribution in [1.29, 1.82) is 0 Å². The van der Waals surface area contributed by atoms with Gasteiger partial charge in [-0.3, -0.25) is 0 Å². The number of nitrogen functional groups attached to an aromatic ring is 1. The van der Waals surface area contributed by atoms with Crippen molar-refractivity contribution < 1.29 is 13.9 Å². The molecule has 0 unspecified atom stereocenters. The van der Waals surface area contributed by atoms with Gasteiger partial charge in [-0.25, -0.2) is 9.18 Å². The van der Waals surface area contributed by atoms with Crippen molar-refractivity contribution in [2.45, 2.75) is 6.61 Å². The van der Waals surface area contributed by atoms with Gasteiger partial charge in [0, 0.05) is 10.2 Å². The molecule has 0 bridgehead atoms. The number of hydrogen-bond donors (Lipinski definition) is 1. The highest BCUT2D eigenvalue weighted by Gasteiger charge is 2.14. The number of thiophene rings is 1. The molecule has 0 saturated heterocycles. The van der Waals surface area contributed by atoms with Gasteiger partial charge in [-0.05, 0) is 45.6 Å². The van der Waals surface area contributed by atoms with Crippen LogP contribution in [-0.2, 0) is 11.3 Å². The molecule has 0 saturated carbocycles. The first-order valence-electron chi connectivity index (χ1n) is 5.02. The molecule has 0 spiro atoms. The van der Waals surface area contributed by atoms with Crippen LogP contribution in [0.2, 0.25) is 0 Å². The Morgan fingerprint density at radius 2 is 2.22 bits per heavy atom. The number of benzene rings is 1. The molecule has 0 amide bonds. The number of rotatable bonds is 3. The van der Waals surface area contributed by atoms with E-state index in [4.69, 9.17) is 10.5 Å². The zero-order chi connectivity index (χ0) is 13.1. The van der Waals surface area contributed by atoms with Crippen LogP contribution in [0.3, 0.4) is 0 Å².